The van der Waals surface area contributed by atoms with Gasteiger partial charge in [-0.1, -0.05) is 26.0 Å². The predicted octanol–water partition coefficient (Wildman–Crippen LogP) is 2.16. The quantitative estimate of drug-likeness (QED) is 0.719. The number of aromatic hydroxyl groups is 1. The summed E-state index contributed by atoms with van der Waals surface area (Å²) in [5, 5.41) is 13.3. The summed E-state index contributed by atoms with van der Waals surface area (Å²) >= 11 is 0. The van der Waals surface area contributed by atoms with Crippen LogP contribution in [0.3, 0.4) is 0 Å². The van der Waals surface area contributed by atoms with Crippen LogP contribution in [0, 0.1) is 11.7 Å². The van der Waals surface area contributed by atoms with Crippen molar-refractivity contribution >= 4 is 11.8 Å². The van der Waals surface area contributed by atoms with Gasteiger partial charge in [0.1, 0.15) is 17.0 Å². The highest BCUT2D eigenvalue weighted by Gasteiger charge is 2.53. The van der Waals surface area contributed by atoms with Gasteiger partial charge in [-0.15, -0.1) is 0 Å². The Morgan fingerprint density at radius 2 is 1.94 bits per heavy atom. The molecule has 1 aromatic heterocycles. The average molecular weight is 457 g/mol. The molecule has 9 heteroatoms. The normalized spacial score (nSPS) is 22.4. The molecule has 2 atom stereocenters. The number of carbonyl (C=O) groups excluding carboxylic acids is 2. The van der Waals surface area contributed by atoms with Crippen LogP contribution in [0.25, 0.3) is 0 Å². The molecule has 0 saturated carbocycles. The van der Waals surface area contributed by atoms with Gasteiger partial charge >= 0.3 is 0 Å². The summed E-state index contributed by atoms with van der Waals surface area (Å²) in [5.41, 5.74) is -1.21. The molecule has 2 amide bonds. The third kappa shape index (κ3) is 3.90. The molecule has 4 rings (SSSR count). The monoisotopic (exact) mass is 456 g/mol. The summed E-state index contributed by atoms with van der Waals surface area (Å²) in [6, 6.07) is 5.55. The highest BCUT2D eigenvalue weighted by molar-refractivity contribution is 5.99. The minimum Gasteiger partial charge on any atom is -0.503 e. The Kier molecular flexibility index (Phi) is 5.78. The fraction of sp³-hybridized carbons (Fsp3) is 0.458. The number of aromatic nitrogens is 1. The minimum absolute atomic E-state index is 0.0804. The minimum atomic E-state index is -0.888. The van der Waals surface area contributed by atoms with Gasteiger partial charge in [0.2, 0.25) is 5.43 Å². The molecule has 0 bridgehead atoms. The Morgan fingerprint density at radius 3 is 2.58 bits per heavy atom. The zero-order valence-electron chi connectivity index (χ0n) is 19.3. The molecule has 2 aliphatic rings. The van der Waals surface area contributed by atoms with Gasteiger partial charge < -0.3 is 19.9 Å². The Balaban J connectivity index is 1.67. The Bertz CT molecular complexity index is 1160. The topological polar surface area (TPSA) is 94.9 Å². The van der Waals surface area contributed by atoms with Gasteiger partial charge in [0.15, 0.2) is 11.4 Å². The summed E-state index contributed by atoms with van der Waals surface area (Å²) < 4.78 is 14.6. The van der Waals surface area contributed by atoms with Crippen LogP contribution in [-0.4, -0.2) is 56.1 Å². The van der Waals surface area contributed by atoms with Gasteiger partial charge in [-0.05, 0) is 37.5 Å². The number of benzene rings is 1. The van der Waals surface area contributed by atoms with Crippen LogP contribution in [0.1, 0.15) is 54.1 Å². The molecule has 2 aromatic rings. The lowest BCUT2D eigenvalue weighted by atomic mass is 10.0. The first kappa shape index (κ1) is 23.0. The van der Waals surface area contributed by atoms with E-state index >= 15 is 0 Å². The van der Waals surface area contributed by atoms with Crippen molar-refractivity contribution in [2.24, 2.45) is 5.92 Å². The Labute approximate surface area is 191 Å². The smallest absolute Gasteiger partial charge is 0.276 e. The molecule has 33 heavy (non-hydrogen) atoms. The lowest BCUT2D eigenvalue weighted by Crippen LogP contribution is -2.61. The zero-order valence-corrected chi connectivity index (χ0v) is 19.3. The predicted molar refractivity (Wildman–Crippen MR) is 120 cm³/mol. The zero-order chi connectivity index (χ0) is 24.1. The van der Waals surface area contributed by atoms with Crippen molar-refractivity contribution in [2.45, 2.75) is 52.5 Å². The molecule has 176 valence electrons. The lowest BCUT2D eigenvalue weighted by molar-refractivity contribution is -0.00706. The number of nitrogens with one attached hydrogen (secondary N) is 1. The number of rotatable bonds is 5. The molecule has 1 aromatic carbocycles. The van der Waals surface area contributed by atoms with Crippen molar-refractivity contribution in [2.75, 3.05) is 13.1 Å². The first-order valence-electron chi connectivity index (χ1n) is 11.1. The number of pyridine rings is 1. The van der Waals surface area contributed by atoms with E-state index in [0.29, 0.717) is 24.6 Å². The molecule has 1 unspecified atom stereocenters. The van der Waals surface area contributed by atoms with Crippen LogP contribution in [0.4, 0.5) is 4.39 Å². The molecule has 0 spiro atoms. The molecule has 0 aliphatic carbocycles. The fourth-order valence-electron chi connectivity index (χ4n) is 5.01. The summed E-state index contributed by atoms with van der Waals surface area (Å²) in [6.07, 6.45) is 1.36. The van der Waals surface area contributed by atoms with Gasteiger partial charge in [0.25, 0.3) is 11.8 Å². The Morgan fingerprint density at radius 1 is 1.27 bits per heavy atom. The number of nitrogens with zero attached hydrogens (tertiary/aromatic N) is 3. The second-order valence-corrected chi connectivity index (χ2v) is 9.55. The number of carbonyl (C=O) groups is 2. The summed E-state index contributed by atoms with van der Waals surface area (Å²) in [4.78, 5) is 42.9. The average Bonchev–Trinajstić information content (AvgIpc) is 2.98. The number of halogens is 1. The third-order valence-corrected chi connectivity index (χ3v) is 6.47. The van der Waals surface area contributed by atoms with Crippen LogP contribution in [-0.2, 0) is 13.1 Å². The van der Waals surface area contributed by atoms with Gasteiger partial charge in [-0.25, -0.2) is 4.39 Å². The fourth-order valence-corrected chi connectivity index (χ4v) is 5.01. The molecule has 2 aliphatic heterocycles. The van der Waals surface area contributed by atoms with E-state index in [1.807, 2.05) is 13.8 Å². The van der Waals surface area contributed by atoms with Crippen molar-refractivity contribution in [3.05, 3.63) is 63.3 Å². The summed E-state index contributed by atoms with van der Waals surface area (Å²) in [7, 11) is 0. The lowest BCUT2D eigenvalue weighted by Gasteiger charge is -2.46. The molecule has 0 radical (unpaired) electrons. The number of hydrogen-bond acceptors (Lipinski definition) is 5. The maximum absolute atomic E-state index is 13.4. The number of fused-ring (bicyclic) bond motifs is 2. The van der Waals surface area contributed by atoms with E-state index in [0.717, 1.165) is 6.54 Å². The van der Waals surface area contributed by atoms with Gasteiger partial charge in [-0.2, -0.15) is 0 Å². The first-order valence-corrected chi connectivity index (χ1v) is 11.1. The van der Waals surface area contributed by atoms with Crippen LogP contribution in [0.2, 0.25) is 0 Å². The molecule has 1 fully saturated rings. The molecule has 3 heterocycles. The Hall–Kier alpha value is -3.20. The van der Waals surface area contributed by atoms with Gasteiger partial charge in [0, 0.05) is 31.9 Å². The van der Waals surface area contributed by atoms with E-state index < -0.39 is 28.7 Å². The maximum atomic E-state index is 13.4. The standard InChI is InChI=1S/C24H29FN4O4/c1-14(2)10-28-11-15(3)29-23(33)19-21(31)20(30)18(12-27(19)13-24(28,29)4)22(32)26-9-16-5-7-17(25)8-6-16/h5-8,12,14-15,31H,9-11,13H2,1-4H3,(H,26,32)/t15-,24?/m1/s1. The van der Waals surface area contributed by atoms with Gasteiger partial charge in [-0.3, -0.25) is 19.3 Å². The van der Waals surface area contributed by atoms with Crippen LogP contribution >= 0.6 is 0 Å². The third-order valence-electron chi connectivity index (χ3n) is 6.47. The van der Waals surface area contributed by atoms with Crippen molar-refractivity contribution in [3.8, 4) is 5.75 Å². The maximum Gasteiger partial charge on any atom is 0.276 e. The van der Waals surface area contributed by atoms with E-state index in [-0.39, 0.29) is 29.7 Å². The molecule has 8 nitrogen and oxygen atoms in total. The molecular weight excluding hydrogens is 427 g/mol. The van der Waals surface area contributed by atoms with Gasteiger partial charge in [0.05, 0.1) is 6.54 Å². The highest BCUT2D eigenvalue weighted by Crippen LogP contribution is 2.39. The first-order chi connectivity index (χ1) is 15.5. The van der Waals surface area contributed by atoms with Crippen molar-refractivity contribution in [1.29, 1.82) is 0 Å². The summed E-state index contributed by atoms with van der Waals surface area (Å²) in [6.45, 7) is 10.0. The van der Waals surface area contributed by atoms with Crippen LogP contribution in [0.5, 0.6) is 5.75 Å². The molecular formula is C24H29FN4O4. The van der Waals surface area contributed by atoms with E-state index in [9.17, 15) is 23.9 Å². The van der Waals surface area contributed by atoms with E-state index in [2.05, 4.69) is 24.1 Å². The number of hydrogen-bond donors (Lipinski definition) is 2. The second-order valence-electron chi connectivity index (χ2n) is 9.55. The highest BCUT2D eigenvalue weighted by atomic mass is 19.1. The summed E-state index contributed by atoms with van der Waals surface area (Å²) in [5.74, 6) is -1.81. The van der Waals surface area contributed by atoms with E-state index in [1.54, 1.807) is 4.90 Å². The van der Waals surface area contributed by atoms with Crippen molar-refractivity contribution < 1.29 is 19.1 Å². The van der Waals surface area contributed by atoms with E-state index in [1.165, 1.54) is 35.0 Å². The molecule has 2 N–H and O–H groups in total. The second kappa shape index (κ2) is 8.30. The van der Waals surface area contributed by atoms with E-state index in [4.69, 9.17) is 0 Å². The van der Waals surface area contributed by atoms with Crippen molar-refractivity contribution in [3.63, 3.8) is 0 Å². The largest absolute Gasteiger partial charge is 0.503 e. The van der Waals surface area contributed by atoms with Crippen molar-refractivity contribution in [1.82, 2.24) is 19.7 Å². The van der Waals surface area contributed by atoms with Crippen LogP contribution in [0.15, 0.2) is 35.3 Å². The molecule has 1 saturated heterocycles. The number of amides is 2. The SMILES string of the molecule is CC(C)CN1C[C@@H](C)N2C(=O)c3c(O)c(=O)c(C(=O)NCc4ccc(F)cc4)cn3CC12C. The van der Waals surface area contributed by atoms with Crippen LogP contribution < -0.4 is 10.7 Å².